The fourth-order valence-corrected chi connectivity index (χ4v) is 2.48. The zero-order valence-electron chi connectivity index (χ0n) is 10.8. The van der Waals surface area contributed by atoms with Gasteiger partial charge in [-0.2, -0.15) is 0 Å². The van der Waals surface area contributed by atoms with E-state index in [1.54, 1.807) is 10.9 Å². The SMILES string of the molecule is CC1CCC(CNC(=O)c2cn(CCN)nn2)C1. The number of nitrogens with zero attached hydrogens (tertiary/aromatic N) is 3. The molecule has 6 nitrogen and oxygen atoms in total. The van der Waals surface area contributed by atoms with Gasteiger partial charge in [0.1, 0.15) is 0 Å². The van der Waals surface area contributed by atoms with Gasteiger partial charge in [0.2, 0.25) is 0 Å². The van der Waals surface area contributed by atoms with Crippen LogP contribution in [0.2, 0.25) is 0 Å². The number of hydrogen-bond donors (Lipinski definition) is 2. The van der Waals surface area contributed by atoms with Crippen molar-refractivity contribution in [1.82, 2.24) is 20.3 Å². The Bertz CT molecular complexity index is 403. The maximum atomic E-state index is 11.8. The van der Waals surface area contributed by atoms with Gasteiger partial charge in [0.05, 0.1) is 12.7 Å². The number of aromatic nitrogens is 3. The Hall–Kier alpha value is -1.43. The predicted molar refractivity (Wildman–Crippen MR) is 67.9 cm³/mol. The quantitative estimate of drug-likeness (QED) is 0.793. The van der Waals surface area contributed by atoms with Crippen LogP contribution in [0, 0.1) is 11.8 Å². The summed E-state index contributed by atoms with van der Waals surface area (Å²) in [4.78, 5) is 11.8. The van der Waals surface area contributed by atoms with Gasteiger partial charge in [-0.05, 0) is 24.7 Å². The van der Waals surface area contributed by atoms with Crippen LogP contribution in [0.1, 0.15) is 36.7 Å². The Kier molecular flexibility index (Phi) is 4.30. The topological polar surface area (TPSA) is 85.8 Å². The molecule has 1 heterocycles. The molecule has 0 radical (unpaired) electrons. The highest BCUT2D eigenvalue weighted by molar-refractivity contribution is 5.91. The fraction of sp³-hybridized carbons (Fsp3) is 0.750. The van der Waals surface area contributed by atoms with E-state index in [0.717, 1.165) is 12.5 Å². The molecule has 2 unspecified atom stereocenters. The van der Waals surface area contributed by atoms with Crippen LogP contribution >= 0.6 is 0 Å². The van der Waals surface area contributed by atoms with E-state index in [9.17, 15) is 4.79 Å². The molecule has 2 atom stereocenters. The van der Waals surface area contributed by atoms with E-state index in [1.165, 1.54) is 19.3 Å². The summed E-state index contributed by atoms with van der Waals surface area (Å²) in [7, 11) is 0. The zero-order chi connectivity index (χ0) is 13.0. The highest BCUT2D eigenvalue weighted by Gasteiger charge is 2.22. The molecular weight excluding hydrogens is 230 g/mol. The number of amides is 1. The number of rotatable bonds is 5. The van der Waals surface area contributed by atoms with E-state index < -0.39 is 0 Å². The molecule has 0 aromatic carbocycles. The number of carbonyl (C=O) groups excluding carboxylic acids is 1. The summed E-state index contributed by atoms with van der Waals surface area (Å²) in [6.45, 7) is 4.08. The maximum absolute atomic E-state index is 11.8. The summed E-state index contributed by atoms with van der Waals surface area (Å²) in [6, 6.07) is 0. The van der Waals surface area contributed by atoms with Crippen LogP contribution in [-0.4, -0.2) is 34.0 Å². The highest BCUT2D eigenvalue weighted by Crippen LogP contribution is 2.29. The van der Waals surface area contributed by atoms with Crippen LogP contribution in [0.4, 0.5) is 0 Å². The Morgan fingerprint density at radius 3 is 3.11 bits per heavy atom. The molecule has 0 spiro atoms. The Morgan fingerprint density at radius 1 is 1.61 bits per heavy atom. The lowest BCUT2D eigenvalue weighted by Crippen LogP contribution is -2.28. The maximum Gasteiger partial charge on any atom is 0.273 e. The molecule has 100 valence electrons. The molecule has 6 heteroatoms. The lowest BCUT2D eigenvalue weighted by atomic mass is 10.1. The first-order valence-corrected chi connectivity index (χ1v) is 6.57. The number of nitrogens with one attached hydrogen (secondary N) is 1. The molecule has 3 N–H and O–H groups in total. The van der Waals surface area contributed by atoms with Crippen molar-refractivity contribution in [1.29, 1.82) is 0 Å². The molecule has 1 aromatic rings. The molecule has 1 amide bonds. The predicted octanol–water partition coefficient (Wildman–Crippen LogP) is 0.403. The van der Waals surface area contributed by atoms with Gasteiger partial charge in [-0.25, -0.2) is 0 Å². The minimum absolute atomic E-state index is 0.141. The van der Waals surface area contributed by atoms with Crippen LogP contribution in [0.15, 0.2) is 6.20 Å². The van der Waals surface area contributed by atoms with E-state index in [1.807, 2.05) is 0 Å². The Labute approximate surface area is 107 Å². The van der Waals surface area contributed by atoms with Crippen molar-refractivity contribution in [2.75, 3.05) is 13.1 Å². The van der Waals surface area contributed by atoms with Crippen molar-refractivity contribution in [3.05, 3.63) is 11.9 Å². The van der Waals surface area contributed by atoms with Crippen molar-refractivity contribution in [2.45, 2.75) is 32.7 Å². The first-order valence-electron chi connectivity index (χ1n) is 6.57. The molecule has 18 heavy (non-hydrogen) atoms. The smallest absolute Gasteiger partial charge is 0.273 e. The summed E-state index contributed by atoms with van der Waals surface area (Å²) in [5, 5.41) is 10.6. The zero-order valence-corrected chi connectivity index (χ0v) is 10.8. The molecule has 1 aromatic heterocycles. The van der Waals surface area contributed by atoms with E-state index >= 15 is 0 Å². The van der Waals surface area contributed by atoms with Crippen LogP contribution in [0.25, 0.3) is 0 Å². The summed E-state index contributed by atoms with van der Waals surface area (Å²) >= 11 is 0. The lowest BCUT2D eigenvalue weighted by Gasteiger charge is -2.09. The third kappa shape index (κ3) is 3.29. The molecule has 1 fully saturated rings. The van der Waals surface area contributed by atoms with Crippen molar-refractivity contribution in [2.24, 2.45) is 17.6 Å². The fourth-order valence-electron chi connectivity index (χ4n) is 2.48. The number of hydrogen-bond acceptors (Lipinski definition) is 4. The highest BCUT2D eigenvalue weighted by atomic mass is 16.2. The van der Waals surface area contributed by atoms with Gasteiger partial charge in [-0.1, -0.05) is 18.6 Å². The monoisotopic (exact) mass is 251 g/mol. The second-order valence-electron chi connectivity index (χ2n) is 5.15. The van der Waals surface area contributed by atoms with Gasteiger partial charge in [-0.15, -0.1) is 5.10 Å². The first-order chi connectivity index (χ1) is 8.69. The van der Waals surface area contributed by atoms with Crippen molar-refractivity contribution < 1.29 is 4.79 Å². The molecule has 0 aliphatic heterocycles. The van der Waals surface area contributed by atoms with E-state index in [4.69, 9.17) is 5.73 Å². The van der Waals surface area contributed by atoms with Gasteiger partial charge >= 0.3 is 0 Å². The van der Waals surface area contributed by atoms with Gasteiger partial charge < -0.3 is 11.1 Å². The number of carbonyl (C=O) groups is 1. The molecule has 1 aliphatic carbocycles. The van der Waals surface area contributed by atoms with Gasteiger partial charge in [0.15, 0.2) is 5.69 Å². The molecule has 1 aliphatic rings. The lowest BCUT2D eigenvalue weighted by molar-refractivity contribution is 0.0942. The molecule has 2 rings (SSSR count). The van der Waals surface area contributed by atoms with Crippen LogP contribution in [0.5, 0.6) is 0 Å². The molecule has 1 saturated carbocycles. The van der Waals surface area contributed by atoms with Crippen molar-refractivity contribution >= 4 is 5.91 Å². The van der Waals surface area contributed by atoms with E-state index in [2.05, 4.69) is 22.6 Å². The van der Waals surface area contributed by atoms with Crippen LogP contribution in [-0.2, 0) is 6.54 Å². The minimum Gasteiger partial charge on any atom is -0.350 e. The third-order valence-corrected chi connectivity index (χ3v) is 3.48. The minimum atomic E-state index is -0.141. The van der Waals surface area contributed by atoms with Crippen molar-refractivity contribution in [3.63, 3.8) is 0 Å². The summed E-state index contributed by atoms with van der Waals surface area (Å²) in [6.07, 6.45) is 5.33. The van der Waals surface area contributed by atoms with Crippen molar-refractivity contribution in [3.8, 4) is 0 Å². The summed E-state index contributed by atoms with van der Waals surface area (Å²) < 4.78 is 1.59. The second kappa shape index (κ2) is 5.95. The van der Waals surface area contributed by atoms with Gasteiger partial charge in [0, 0.05) is 13.1 Å². The van der Waals surface area contributed by atoms with Gasteiger partial charge in [-0.3, -0.25) is 9.48 Å². The Balaban J connectivity index is 1.80. The molecular formula is C12H21N5O. The first kappa shape index (κ1) is 13.0. The van der Waals surface area contributed by atoms with Crippen LogP contribution in [0.3, 0.4) is 0 Å². The number of nitrogens with two attached hydrogens (primary N) is 1. The van der Waals surface area contributed by atoms with E-state index in [-0.39, 0.29) is 5.91 Å². The Morgan fingerprint density at radius 2 is 2.44 bits per heavy atom. The molecule has 0 saturated heterocycles. The average molecular weight is 251 g/mol. The summed E-state index contributed by atoms with van der Waals surface area (Å²) in [5.74, 6) is 1.26. The third-order valence-electron chi connectivity index (χ3n) is 3.48. The summed E-state index contributed by atoms with van der Waals surface area (Å²) in [5.41, 5.74) is 5.78. The van der Waals surface area contributed by atoms with E-state index in [0.29, 0.717) is 24.7 Å². The molecule has 0 bridgehead atoms. The van der Waals surface area contributed by atoms with Gasteiger partial charge in [0.25, 0.3) is 5.91 Å². The second-order valence-corrected chi connectivity index (χ2v) is 5.15. The largest absolute Gasteiger partial charge is 0.350 e. The van der Waals surface area contributed by atoms with Crippen LogP contribution < -0.4 is 11.1 Å². The normalized spacial score (nSPS) is 23.2. The standard InChI is InChI=1S/C12H21N5O/c1-9-2-3-10(6-9)7-14-12(18)11-8-17(5-4-13)16-15-11/h8-10H,2-7,13H2,1H3,(H,14,18). The average Bonchev–Trinajstić information content (AvgIpc) is 2.96.